The highest BCUT2D eigenvalue weighted by molar-refractivity contribution is 9.11. The van der Waals surface area contributed by atoms with Crippen molar-refractivity contribution in [1.82, 2.24) is 10.2 Å². The van der Waals surface area contributed by atoms with Crippen LogP contribution in [0.25, 0.3) is 0 Å². The van der Waals surface area contributed by atoms with E-state index in [0.717, 1.165) is 47.1 Å². The van der Waals surface area contributed by atoms with E-state index in [1.807, 2.05) is 12.1 Å². The van der Waals surface area contributed by atoms with Gasteiger partial charge in [-0.25, -0.2) is 0 Å². The van der Waals surface area contributed by atoms with E-state index >= 15 is 0 Å². The molecule has 1 aromatic carbocycles. The lowest BCUT2D eigenvalue weighted by atomic mass is 10.0. The van der Waals surface area contributed by atoms with Crippen LogP contribution in [-0.2, 0) is 0 Å². The van der Waals surface area contributed by atoms with E-state index < -0.39 is 0 Å². The number of phenols is 1. The van der Waals surface area contributed by atoms with Crippen LogP contribution in [0.15, 0.2) is 21.1 Å². The summed E-state index contributed by atoms with van der Waals surface area (Å²) < 4.78 is 1.74. The molecule has 1 atom stereocenters. The predicted molar refractivity (Wildman–Crippen MR) is 81.0 cm³/mol. The number of phenolic OH excluding ortho intramolecular Hbond substituents is 1. The largest absolute Gasteiger partial charge is 0.506 e. The zero-order valence-electron chi connectivity index (χ0n) is 10.4. The molecule has 18 heavy (non-hydrogen) atoms. The highest BCUT2D eigenvalue weighted by Gasteiger charge is 2.25. The van der Waals surface area contributed by atoms with Gasteiger partial charge in [0.25, 0.3) is 0 Å². The molecule has 1 aromatic rings. The molecule has 0 saturated carbocycles. The molecule has 0 bridgehead atoms. The molecule has 1 fully saturated rings. The Bertz CT molecular complexity index is 420. The summed E-state index contributed by atoms with van der Waals surface area (Å²) in [7, 11) is 0. The Morgan fingerprint density at radius 3 is 2.50 bits per heavy atom. The lowest BCUT2D eigenvalue weighted by Gasteiger charge is -2.35. The fraction of sp³-hybridized carbons (Fsp3) is 0.538. The highest BCUT2D eigenvalue weighted by atomic mass is 79.9. The van der Waals surface area contributed by atoms with E-state index in [4.69, 9.17) is 0 Å². The molecule has 0 unspecified atom stereocenters. The van der Waals surface area contributed by atoms with Crippen LogP contribution < -0.4 is 5.32 Å². The molecule has 0 aromatic heterocycles. The standard InChI is InChI=1S/C13H18Br2N2O/c1-2-11(17-7-5-16-6-8-17)12-9(14)3-4-10(15)13(12)18/h3-4,11,16,18H,2,5-8H2,1H3/t11-/m1/s1. The molecule has 0 amide bonds. The van der Waals surface area contributed by atoms with Gasteiger partial charge in [0, 0.05) is 42.3 Å². The van der Waals surface area contributed by atoms with Gasteiger partial charge in [-0.2, -0.15) is 0 Å². The molecule has 5 heteroatoms. The van der Waals surface area contributed by atoms with Crippen LogP contribution in [0.1, 0.15) is 24.9 Å². The van der Waals surface area contributed by atoms with Crippen LogP contribution >= 0.6 is 31.9 Å². The number of hydrogen-bond acceptors (Lipinski definition) is 3. The zero-order valence-corrected chi connectivity index (χ0v) is 13.6. The van der Waals surface area contributed by atoms with Crippen molar-refractivity contribution in [2.24, 2.45) is 0 Å². The fourth-order valence-electron chi connectivity index (χ4n) is 2.51. The molecule has 0 spiro atoms. The Morgan fingerprint density at radius 2 is 1.89 bits per heavy atom. The van der Waals surface area contributed by atoms with Gasteiger partial charge in [0.15, 0.2) is 0 Å². The van der Waals surface area contributed by atoms with Crippen molar-refractivity contribution < 1.29 is 5.11 Å². The van der Waals surface area contributed by atoms with Crippen LogP contribution in [0, 0.1) is 0 Å². The summed E-state index contributed by atoms with van der Waals surface area (Å²) in [6.45, 7) is 6.25. The summed E-state index contributed by atoms with van der Waals surface area (Å²) in [6, 6.07) is 4.12. The van der Waals surface area contributed by atoms with Crippen molar-refractivity contribution in [2.75, 3.05) is 26.2 Å². The number of halogens is 2. The molecule has 0 radical (unpaired) electrons. The van der Waals surface area contributed by atoms with Crippen LogP contribution in [0.4, 0.5) is 0 Å². The van der Waals surface area contributed by atoms with Gasteiger partial charge < -0.3 is 10.4 Å². The lowest BCUT2D eigenvalue weighted by molar-refractivity contribution is 0.166. The minimum Gasteiger partial charge on any atom is -0.506 e. The van der Waals surface area contributed by atoms with Crippen LogP contribution in [0.5, 0.6) is 5.75 Å². The average molecular weight is 378 g/mol. The van der Waals surface area contributed by atoms with Gasteiger partial charge in [-0.1, -0.05) is 22.9 Å². The summed E-state index contributed by atoms with van der Waals surface area (Å²) >= 11 is 6.97. The van der Waals surface area contributed by atoms with Gasteiger partial charge in [-0.15, -0.1) is 0 Å². The van der Waals surface area contributed by atoms with Crippen molar-refractivity contribution >= 4 is 31.9 Å². The molecule has 0 aliphatic carbocycles. The third-order valence-electron chi connectivity index (χ3n) is 3.43. The van der Waals surface area contributed by atoms with Gasteiger partial charge in [0.05, 0.1) is 4.47 Å². The van der Waals surface area contributed by atoms with Gasteiger partial charge in [-0.3, -0.25) is 4.90 Å². The molecule has 1 aliphatic heterocycles. The fourth-order valence-corrected chi connectivity index (χ4v) is 3.44. The van der Waals surface area contributed by atoms with E-state index in [1.54, 1.807) is 0 Å². The van der Waals surface area contributed by atoms with Crippen molar-refractivity contribution in [3.05, 3.63) is 26.6 Å². The molecular weight excluding hydrogens is 360 g/mol. The molecule has 2 rings (SSSR count). The van der Waals surface area contributed by atoms with Gasteiger partial charge >= 0.3 is 0 Å². The topological polar surface area (TPSA) is 35.5 Å². The minimum absolute atomic E-state index is 0.263. The average Bonchev–Trinajstić information content (AvgIpc) is 2.40. The Kier molecular flexibility index (Phi) is 5.06. The highest BCUT2D eigenvalue weighted by Crippen LogP contribution is 2.40. The number of benzene rings is 1. The summed E-state index contributed by atoms with van der Waals surface area (Å²) in [5, 5.41) is 13.7. The lowest BCUT2D eigenvalue weighted by Crippen LogP contribution is -2.45. The number of nitrogens with zero attached hydrogens (tertiary/aromatic N) is 1. The molecule has 100 valence electrons. The number of piperazine rings is 1. The Hall–Kier alpha value is -0.100. The number of hydrogen-bond donors (Lipinski definition) is 2. The summed E-state index contributed by atoms with van der Waals surface area (Å²) in [5.41, 5.74) is 0.994. The van der Waals surface area contributed by atoms with E-state index in [-0.39, 0.29) is 6.04 Å². The third kappa shape index (κ3) is 2.90. The van der Waals surface area contributed by atoms with Gasteiger partial charge in [0.1, 0.15) is 5.75 Å². The maximum absolute atomic E-state index is 10.3. The van der Waals surface area contributed by atoms with Crippen molar-refractivity contribution in [1.29, 1.82) is 0 Å². The second-order valence-corrected chi connectivity index (χ2v) is 6.21. The first-order chi connectivity index (χ1) is 8.65. The van der Waals surface area contributed by atoms with Crippen LogP contribution in [0.3, 0.4) is 0 Å². The molecule has 2 N–H and O–H groups in total. The summed E-state index contributed by atoms with van der Waals surface area (Å²) in [5.74, 6) is 0.356. The number of nitrogens with one attached hydrogen (secondary N) is 1. The minimum atomic E-state index is 0.263. The first-order valence-electron chi connectivity index (χ1n) is 6.26. The van der Waals surface area contributed by atoms with Crippen LogP contribution in [0.2, 0.25) is 0 Å². The molecular formula is C13H18Br2N2O. The first-order valence-corrected chi connectivity index (χ1v) is 7.85. The second-order valence-electron chi connectivity index (χ2n) is 4.50. The molecule has 1 heterocycles. The summed E-state index contributed by atoms with van der Waals surface area (Å²) in [4.78, 5) is 2.43. The van der Waals surface area contributed by atoms with Crippen molar-refractivity contribution in [2.45, 2.75) is 19.4 Å². The van der Waals surface area contributed by atoms with Crippen molar-refractivity contribution in [3.63, 3.8) is 0 Å². The van der Waals surface area contributed by atoms with Crippen LogP contribution in [-0.4, -0.2) is 36.2 Å². The molecule has 1 saturated heterocycles. The first kappa shape index (κ1) is 14.3. The van der Waals surface area contributed by atoms with Crippen molar-refractivity contribution in [3.8, 4) is 5.75 Å². The SMILES string of the molecule is CC[C@H](c1c(Br)ccc(Br)c1O)N1CCNCC1. The van der Waals surface area contributed by atoms with E-state index in [1.165, 1.54) is 0 Å². The Labute approximate surface area is 125 Å². The van der Waals surface area contributed by atoms with E-state index in [0.29, 0.717) is 5.75 Å². The third-order valence-corrected chi connectivity index (χ3v) is 4.76. The number of rotatable bonds is 3. The Balaban J connectivity index is 2.34. The normalized spacial score (nSPS) is 18.8. The quantitative estimate of drug-likeness (QED) is 0.848. The second kappa shape index (κ2) is 6.37. The maximum Gasteiger partial charge on any atom is 0.135 e. The predicted octanol–water partition coefficient (Wildman–Crippen LogP) is 3.27. The summed E-state index contributed by atoms with van der Waals surface area (Å²) in [6.07, 6.45) is 0.989. The molecule has 1 aliphatic rings. The number of aromatic hydroxyl groups is 1. The van der Waals surface area contributed by atoms with E-state index in [9.17, 15) is 5.11 Å². The monoisotopic (exact) mass is 376 g/mol. The van der Waals surface area contributed by atoms with Gasteiger partial charge in [-0.05, 0) is 34.5 Å². The van der Waals surface area contributed by atoms with Gasteiger partial charge in [0.2, 0.25) is 0 Å². The maximum atomic E-state index is 10.3. The molecule has 3 nitrogen and oxygen atoms in total. The zero-order chi connectivity index (χ0) is 13.1. The Morgan fingerprint density at radius 1 is 1.28 bits per heavy atom. The smallest absolute Gasteiger partial charge is 0.135 e. The van der Waals surface area contributed by atoms with E-state index in [2.05, 4.69) is 49.0 Å².